The summed E-state index contributed by atoms with van der Waals surface area (Å²) in [6.45, 7) is 6.85. The zero-order chi connectivity index (χ0) is 28.3. The molecular weight excluding hydrogens is 516 g/mol. The highest BCUT2D eigenvalue weighted by molar-refractivity contribution is 7.82. The summed E-state index contributed by atoms with van der Waals surface area (Å²) < 4.78 is 23.9. The van der Waals surface area contributed by atoms with Crippen LogP contribution in [0, 0.1) is 5.41 Å². The number of aliphatic hydroxyl groups is 1. The van der Waals surface area contributed by atoms with Crippen molar-refractivity contribution in [3.05, 3.63) is 77.9 Å². The van der Waals surface area contributed by atoms with Gasteiger partial charge in [-0.2, -0.15) is 0 Å². The number of likely N-dealkylation sites (tertiary alicyclic amines) is 1. The highest BCUT2D eigenvalue weighted by Crippen LogP contribution is 2.32. The third-order valence-corrected chi connectivity index (χ3v) is 8.53. The minimum atomic E-state index is -0.946. The maximum atomic E-state index is 12.8. The van der Waals surface area contributed by atoms with E-state index in [2.05, 4.69) is 46.3 Å². The average molecular weight is 559 g/mol. The molecule has 1 fully saturated rings. The van der Waals surface area contributed by atoms with E-state index in [1.165, 1.54) is 18.2 Å². The van der Waals surface area contributed by atoms with Gasteiger partial charge in [-0.05, 0) is 41.4 Å². The Labute approximate surface area is 235 Å². The van der Waals surface area contributed by atoms with Crippen LogP contribution in [0.5, 0.6) is 0 Å². The van der Waals surface area contributed by atoms with Gasteiger partial charge in [0, 0.05) is 31.9 Å². The maximum Gasteiger partial charge on any atom is 0.292 e. The molecule has 2 aromatic carbocycles. The van der Waals surface area contributed by atoms with Crippen LogP contribution in [-0.2, 0) is 36.7 Å². The van der Waals surface area contributed by atoms with Gasteiger partial charge in [0.05, 0.1) is 37.9 Å². The van der Waals surface area contributed by atoms with Gasteiger partial charge < -0.3 is 19.5 Å². The molecule has 214 valence electrons. The number of rotatable bonds is 10. The molecule has 1 saturated heterocycles. The topological polar surface area (TPSA) is 96.4 Å². The molecular formula is C30H42N2O6S. The first-order valence-corrected chi connectivity index (χ1v) is 14.5. The van der Waals surface area contributed by atoms with Gasteiger partial charge >= 0.3 is 0 Å². The van der Waals surface area contributed by atoms with Crippen molar-refractivity contribution in [1.82, 2.24) is 9.21 Å². The predicted molar refractivity (Wildman–Crippen MR) is 155 cm³/mol. The third-order valence-electron chi connectivity index (χ3n) is 6.67. The average Bonchev–Trinajstić information content (AvgIpc) is 2.99. The minimum Gasteiger partial charge on any atom is -0.471 e. The third kappa shape index (κ3) is 12.3. The van der Waals surface area contributed by atoms with Crippen LogP contribution < -0.4 is 0 Å². The summed E-state index contributed by atoms with van der Waals surface area (Å²) in [4.78, 5) is 21.6. The van der Waals surface area contributed by atoms with E-state index in [0.29, 0.717) is 25.4 Å². The number of hydrogen-bond donors (Lipinski definition) is 1. The smallest absolute Gasteiger partial charge is 0.292 e. The number of hydrogen-bond acceptors (Lipinski definition) is 6. The largest absolute Gasteiger partial charge is 0.471 e. The molecule has 1 unspecified atom stereocenters. The van der Waals surface area contributed by atoms with Gasteiger partial charge in [-0.3, -0.25) is 9.59 Å². The van der Waals surface area contributed by atoms with Crippen LogP contribution >= 0.6 is 0 Å². The van der Waals surface area contributed by atoms with Crippen LogP contribution in [0.2, 0.25) is 0 Å². The van der Waals surface area contributed by atoms with Crippen molar-refractivity contribution in [3.8, 4) is 0 Å². The van der Waals surface area contributed by atoms with Crippen molar-refractivity contribution >= 4 is 29.4 Å². The number of carbonyl (C=O) groups is 2. The Bertz CT molecular complexity index is 1010. The van der Waals surface area contributed by atoms with Crippen LogP contribution in [0.4, 0.5) is 0 Å². The molecule has 2 aliphatic heterocycles. The van der Waals surface area contributed by atoms with Gasteiger partial charge in [0.1, 0.15) is 0 Å². The second kappa shape index (κ2) is 18.4. The normalized spacial score (nSPS) is 17.3. The molecule has 2 aliphatic rings. The second-order valence-electron chi connectivity index (χ2n) is 9.74. The van der Waals surface area contributed by atoms with E-state index in [0.717, 1.165) is 57.4 Å². The second-order valence-corrected chi connectivity index (χ2v) is 11.2. The number of aliphatic hydroxyl groups excluding tert-OH is 1. The standard InChI is InChI=1S/C19H26N2O2S.C9H12O2.C2H4O2/c1-19(9-13-20(16-22)14-10-19)15-24(23)21-11-7-18(8-12-21)17-5-3-2-4-6-17;10-6-7-11-8-9-4-2-1-3-5-9;1-4-2-3/h2-7,16H,8-15H2,1H3;1-5,10H,6-8H2;2H,1H3. The van der Waals surface area contributed by atoms with E-state index in [4.69, 9.17) is 14.6 Å². The Morgan fingerprint density at radius 1 is 1.00 bits per heavy atom. The Morgan fingerprint density at radius 3 is 2.13 bits per heavy atom. The highest BCUT2D eigenvalue weighted by atomic mass is 32.2. The lowest BCUT2D eigenvalue weighted by Gasteiger charge is -2.38. The van der Waals surface area contributed by atoms with Crippen LogP contribution in [0.1, 0.15) is 37.3 Å². The van der Waals surface area contributed by atoms with Gasteiger partial charge in [-0.15, -0.1) is 0 Å². The summed E-state index contributed by atoms with van der Waals surface area (Å²) in [5.74, 6) is 0.703. The van der Waals surface area contributed by atoms with E-state index >= 15 is 0 Å². The fourth-order valence-corrected chi connectivity index (χ4v) is 5.88. The molecule has 0 aromatic heterocycles. The number of nitrogens with zero attached hydrogens (tertiary/aromatic N) is 2. The van der Waals surface area contributed by atoms with Crippen molar-refractivity contribution < 1.29 is 28.4 Å². The molecule has 2 heterocycles. The van der Waals surface area contributed by atoms with Crippen LogP contribution in [-0.4, -0.2) is 83.7 Å². The van der Waals surface area contributed by atoms with Crippen molar-refractivity contribution in [2.45, 2.75) is 32.8 Å². The van der Waals surface area contributed by atoms with Gasteiger partial charge in [-0.1, -0.05) is 73.7 Å². The molecule has 9 heteroatoms. The SMILES string of the molecule is CC1(CS(=O)N2CC=C(c3ccccc3)CC2)CCN(C=O)CC1.COC=O.OCCOCc1ccccc1. The van der Waals surface area contributed by atoms with Crippen LogP contribution in [0.3, 0.4) is 0 Å². The van der Waals surface area contributed by atoms with Crippen molar-refractivity contribution in [2.75, 3.05) is 52.3 Å². The van der Waals surface area contributed by atoms with Gasteiger partial charge in [0.2, 0.25) is 6.41 Å². The predicted octanol–water partition coefficient (Wildman–Crippen LogP) is 3.68. The maximum absolute atomic E-state index is 12.8. The fourth-order valence-electron chi connectivity index (χ4n) is 4.28. The number of ether oxygens (including phenoxy) is 2. The first-order chi connectivity index (χ1) is 18.9. The zero-order valence-corrected chi connectivity index (χ0v) is 23.9. The Balaban J connectivity index is 0.000000295. The molecule has 2 aromatic rings. The Morgan fingerprint density at radius 2 is 1.62 bits per heavy atom. The van der Waals surface area contributed by atoms with E-state index in [1.54, 1.807) is 0 Å². The van der Waals surface area contributed by atoms with Crippen molar-refractivity contribution in [1.29, 1.82) is 0 Å². The lowest BCUT2D eigenvalue weighted by Crippen LogP contribution is -2.43. The number of benzene rings is 2. The molecule has 0 bridgehead atoms. The van der Waals surface area contributed by atoms with Gasteiger partial charge in [0.25, 0.3) is 6.47 Å². The molecule has 0 spiro atoms. The van der Waals surface area contributed by atoms with Crippen molar-refractivity contribution in [2.24, 2.45) is 5.41 Å². The summed E-state index contributed by atoms with van der Waals surface area (Å²) in [5, 5.41) is 8.42. The fraction of sp³-hybridized carbons (Fsp3) is 0.467. The van der Waals surface area contributed by atoms with E-state index in [9.17, 15) is 9.00 Å². The lowest BCUT2D eigenvalue weighted by molar-refractivity contribution is -0.126. The summed E-state index contributed by atoms with van der Waals surface area (Å²) in [7, 11) is 0.367. The summed E-state index contributed by atoms with van der Waals surface area (Å²) in [5.41, 5.74) is 3.85. The van der Waals surface area contributed by atoms with Crippen LogP contribution in [0.15, 0.2) is 66.7 Å². The molecule has 39 heavy (non-hydrogen) atoms. The number of amides is 1. The molecule has 4 rings (SSSR count). The van der Waals surface area contributed by atoms with E-state index < -0.39 is 11.0 Å². The molecule has 1 atom stereocenters. The van der Waals surface area contributed by atoms with Crippen LogP contribution in [0.25, 0.3) is 5.57 Å². The zero-order valence-electron chi connectivity index (χ0n) is 23.1. The first-order valence-electron chi connectivity index (χ1n) is 13.2. The highest BCUT2D eigenvalue weighted by Gasteiger charge is 2.33. The molecule has 0 radical (unpaired) electrons. The molecule has 1 amide bonds. The quantitative estimate of drug-likeness (QED) is 0.353. The van der Waals surface area contributed by atoms with Gasteiger partial charge in [-0.25, -0.2) is 8.51 Å². The van der Waals surface area contributed by atoms with E-state index in [1.807, 2.05) is 41.3 Å². The minimum absolute atomic E-state index is 0.0772. The van der Waals surface area contributed by atoms with Crippen molar-refractivity contribution in [3.63, 3.8) is 0 Å². The molecule has 8 nitrogen and oxygen atoms in total. The van der Waals surface area contributed by atoms with Gasteiger partial charge in [0.15, 0.2) is 0 Å². The number of piperidine rings is 1. The van der Waals surface area contributed by atoms with E-state index in [-0.39, 0.29) is 12.0 Å². The number of carbonyl (C=O) groups excluding carboxylic acids is 2. The number of methoxy groups -OCH3 is 1. The summed E-state index contributed by atoms with van der Waals surface area (Å²) >= 11 is 0. The molecule has 1 N–H and O–H groups in total. The Hall–Kier alpha value is -2.85. The monoisotopic (exact) mass is 558 g/mol. The molecule has 0 aliphatic carbocycles. The first kappa shape index (κ1) is 32.4. The Kier molecular flexibility index (Phi) is 15.3. The lowest BCUT2D eigenvalue weighted by atomic mass is 9.82. The summed E-state index contributed by atoms with van der Waals surface area (Å²) in [6, 6.07) is 20.3. The molecule has 0 saturated carbocycles. The summed E-state index contributed by atoms with van der Waals surface area (Å²) in [6.07, 6.45) is 5.98.